The Bertz CT molecular complexity index is 630. The van der Waals surface area contributed by atoms with E-state index in [-0.39, 0.29) is 11.8 Å². The Kier molecular flexibility index (Phi) is 3.01. The second kappa shape index (κ2) is 4.48. The van der Waals surface area contributed by atoms with Gasteiger partial charge in [0, 0.05) is 13.1 Å². The SMILES string of the molecule is CC(=O)NNC(=O)c1c(C)nc2cc(C)ccn12. The van der Waals surface area contributed by atoms with E-state index in [1.54, 1.807) is 17.5 Å². The Morgan fingerprint density at radius 1 is 1.28 bits per heavy atom. The lowest BCUT2D eigenvalue weighted by molar-refractivity contribution is -0.119. The molecule has 0 unspecified atom stereocenters. The monoisotopic (exact) mass is 246 g/mol. The number of aryl methyl sites for hydroxylation is 2. The van der Waals surface area contributed by atoms with Gasteiger partial charge in [-0.1, -0.05) is 0 Å². The number of imidazole rings is 1. The van der Waals surface area contributed by atoms with Crippen LogP contribution in [-0.2, 0) is 4.79 Å². The maximum absolute atomic E-state index is 11.9. The van der Waals surface area contributed by atoms with Gasteiger partial charge in [0.15, 0.2) is 0 Å². The molecule has 0 saturated heterocycles. The second-order valence-electron chi connectivity index (χ2n) is 4.11. The van der Waals surface area contributed by atoms with Crippen LogP contribution in [0.1, 0.15) is 28.7 Å². The summed E-state index contributed by atoms with van der Waals surface area (Å²) < 4.78 is 1.69. The smallest absolute Gasteiger partial charge is 0.288 e. The van der Waals surface area contributed by atoms with Gasteiger partial charge in [0.25, 0.3) is 5.91 Å². The van der Waals surface area contributed by atoms with Crippen molar-refractivity contribution in [2.45, 2.75) is 20.8 Å². The van der Waals surface area contributed by atoms with E-state index in [0.29, 0.717) is 17.0 Å². The summed E-state index contributed by atoms with van der Waals surface area (Å²) in [6.45, 7) is 5.04. The Labute approximate surface area is 104 Å². The first-order valence-corrected chi connectivity index (χ1v) is 5.51. The maximum Gasteiger partial charge on any atom is 0.288 e. The number of hydrazine groups is 1. The number of hydrogen-bond acceptors (Lipinski definition) is 3. The number of carbonyl (C=O) groups excluding carboxylic acids is 2. The molecule has 94 valence electrons. The van der Waals surface area contributed by atoms with Crippen LogP contribution < -0.4 is 10.9 Å². The van der Waals surface area contributed by atoms with Crippen molar-refractivity contribution in [2.75, 3.05) is 0 Å². The van der Waals surface area contributed by atoms with Crippen LogP contribution in [0.3, 0.4) is 0 Å². The van der Waals surface area contributed by atoms with Crippen LogP contribution in [0.4, 0.5) is 0 Å². The fourth-order valence-electron chi connectivity index (χ4n) is 1.74. The summed E-state index contributed by atoms with van der Waals surface area (Å²) in [6.07, 6.45) is 1.79. The molecule has 0 aliphatic rings. The zero-order valence-corrected chi connectivity index (χ0v) is 10.4. The highest BCUT2D eigenvalue weighted by molar-refractivity contribution is 5.95. The van der Waals surface area contributed by atoms with Crippen molar-refractivity contribution in [3.63, 3.8) is 0 Å². The predicted molar refractivity (Wildman–Crippen MR) is 65.9 cm³/mol. The Hall–Kier alpha value is -2.37. The molecule has 0 spiro atoms. The predicted octanol–water partition coefficient (Wildman–Crippen LogP) is 0.732. The standard InChI is InChI=1S/C12H14N4O2/c1-7-4-5-16-10(6-7)13-8(2)11(16)12(18)15-14-9(3)17/h4-6H,1-3H3,(H,14,17)(H,15,18). The largest absolute Gasteiger partial charge is 0.295 e. The summed E-state index contributed by atoms with van der Waals surface area (Å²) in [7, 11) is 0. The van der Waals surface area contributed by atoms with E-state index in [1.807, 2.05) is 19.1 Å². The fraction of sp³-hybridized carbons (Fsp3) is 0.250. The lowest BCUT2D eigenvalue weighted by Gasteiger charge is -2.05. The molecule has 0 fully saturated rings. The highest BCUT2D eigenvalue weighted by Crippen LogP contribution is 2.13. The van der Waals surface area contributed by atoms with Crippen LogP contribution >= 0.6 is 0 Å². The number of nitrogens with one attached hydrogen (secondary N) is 2. The Balaban J connectivity index is 2.41. The van der Waals surface area contributed by atoms with Crippen molar-refractivity contribution in [1.82, 2.24) is 20.2 Å². The van der Waals surface area contributed by atoms with Crippen LogP contribution in [0.25, 0.3) is 5.65 Å². The highest BCUT2D eigenvalue weighted by Gasteiger charge is 2.16. The van der Waals surface area contributed by atoms with E-state index >= 15 is 0 Å². The highest BCUT2D eigenvalue weighted by atomic mass is 16.2. The number of carbonyl (C=O) groups is 2. The minimum absolute atomic E-state index is 0.328. The van der Waals surface area contributed by atoms with Gasteiger partial charge in [-0.3, -0.25) is 24.8 Å². The van der Waals surface area contributed by atoms with Gasteiger partial charge >= 0.3 is 0 Å². The van der Waals surface area contributed by atoms with Gasteiger partial charge in [-0.25, -0.2) is 4.98 Å². The summed E-state index contributed by atoms with van der Waals surface area (Å²) in [5.74, 6) is -0.718. The van der Waals surface area contributed by atoms with E-state index in [4.69, 9.17) is 0 Å². The third-order valence-corrected chi connectivity index (χ3v) is 2.52. The van der Waals surface area contributed by atoms with Gasteiger partial charge in [0.2, 0.25) is 5.91 Å². The van der Waals surface area contributed by atoms with Crippen LogP contribution in [0, 0.1) is 13.8 Å². The molecule has 0 bridgehead atoms. The molecule has 2 aromatic heterocycles. The van der Waals surface area contributed by atoms with E-state index in [9.17, 15) is 9.59 Å². The van der Waals surface area contributed by atoms with Crippen molar-refractivity contribution in [2.24, 2.45) is 0 Å². The first kappa shape index (κ1) is 12.1. The van der Waals surface area contributed by atoms with Crippen molar-refractivity contribution < 1.29 is 9.59 Å². The first-order chi connectivity index (χ1) is 8.49. The number of aromatic nitrogens is 2. The molecule has 0 aliphatic heterocycles. The summed E-state index contributed by atoms with van der Waals surface area (Å²) in [5.41, 5.74) is 7.40. The number of hydrogen-bond donors (Lipinski definition) is 2. The molecular formula is C12H14N4O2. The van der Waals surface area contributed by atoms with Crippen LogP contribution in [-0.4, -0.2) is 21.2 Å². The molecule has 0 aliphatic carbocycles. The minimum Gasteiger partial charge on any atom is -0.295 e. The zero-order valence-electron chi connectivity index (χ0n) is 10.4. The third kappa shape index (κ3) is 2.17. The normalized spacial score (nSPS) is 10.4. The topological polar surface area (TPSA) is 75.5 Å². The van der Waals surface area contributed by atoms with E-state index in [2.05, 4.69) is 15.8 Å². The number of nitrogens with zero attached hydrogens (tertiary/aromatic N) is 2. The molecule has 6 heteroatoms. The van der Waals surface area contributed by atoms with Crippen LogP contribution in [0.15, 0.2) is 18.3 Å². The molecule has 2 aromatic rings. The van der Waals surface area contributed by atoms with E-state index in [0.717, 1.165) is 5.56 Å². The van der Waals surface area contributed by atoms with Gasteiger partial charge in [-0.2, -0.15) is 0 Å². The number of amides is 2. The molecular weight excluding hydrogens is 232 g/mol. The van der Waals surface area contributed by atoms with E-state index in [1.165, 1.54) is 6.92 Å². The molecule has 0 radical (unpaired) electrons. The van der Waals surface area contributed by atoms with E-state index < -0.39 is 0 Å². The second-order valence-corrected chi connectivity index (χ2v) is 4.11. The molecule has 6 nitrogen and oxygen atoms in total. The number of rotatable bonds is 1. The van der Waals surface area contributed by atoms with Crippen molar-refractivity contribution in [1.29, 1.82) is 0 Å². The quantitative estimate of drug-likeness (QED) is 0.728. The molecule has 0 saturated carbocycles. The fourth-order valence-corrected chi connectivity index (χ4v) is 1.74. The molecule has 2 N–H and O–H groups in total. The lowest BCUT2D eigenvalue weighted by atomic mass is 10.3. The maximum atomic E-state index is 11.9. The molecule has 2 rings (SSSR count). The van der Waals surface area contributed by atoms with Crippen molar-refractivity contribution in [3.05, 3.63) is 35.3 Å². The number of fused-ring (bicyclic) bond motifs is 1. The van der Waals surface area contributed by atoms with Gasteiger partial charge in [0.1, 0.15) is 11.3 Å². The molecule has 18 heavy (non-hydrogen) atoms. The summed E-state index contributed by atoms with van der Waals surface area (Å²) in [4.78, 5) is 27.0. The summed E-state index contributed by atoms with van der Waals surface area (Å²) >= 11 is 0. The molecule has 2 heterocycles. The summed E-state index contributed by atoms with van der Waals surface area (Å²) in [6, 6.07) is 3.78. The molecule has 0 atom stereocenters. The van der Waals surface area contributed by atoms with Gasteiger partial charge in [-0.15, -0.1) is 0 Å². The zero-order chi connectivity index (χ0) is 13.3. The first-order valence-electron chi connectivity index (χ1n) is 5.51. The number of pyridine rings is 1. The third-order valence-electron chi connectivity index (χ3n) is 2.52. The minimum atomic E-state index is -0.390. The van der Waals surface area contributed by atoms with Gasteiger partial charge in [-0.05, 0) is 31.5 Å². The summed E-state index contributed by atoms with van der Waals surface area (Å²) in [5, 5.41) is 0. The lowest BCUT2D eigenvalue weighted by Crippen LogP contribution is -2.41. The Morgan fingerprint density at radius 3 is 2.67 bits per heavy atom. The van der Waals surface area contributed by atoms with Gasteiger partial charge < -0.3 is 0 Å². The van der Waals surface area contributed by atoms with Crippen LogP contribution in [0.5, 0.6) is 0 Å². The van der Waals surface area contributed by atoms with Crippen LogP contribution in [0.2, 0.25) is 0 Å². The van der Waals surface area contributed by atoms with Crippen molar-refractivity contribution >= 4 is 17.5 Å². The molecule has 2 amide bonds. The average molecular weight is 246 g/mol. The Morgan fingerprint density at radius 2 is 2.00 bits per heavy atom. The average Bonchev–Trinajstić information content (AvgIpc) is 2.61. The van der Waals surface area contributed by atoms with Crippen molar-refractivity contribution in [3.8, 4) is 0 Å². The van der Waals surface area contributed by atoms with Gasteiger partial charge in [0.05, 0.1) is 5.69 Å². The molecule has 0 aromatic carbocycles.